The van der Waals surface area contributed by atoms with Crippen LogP contribution in [-0.4, -0.2) is 33.9 Å². The maximum absolute atomic E-state index is 13.4. The van der Waals surface area contributed by atoms with Gasteiger partial charge in [0.2, 0.25) is 5.91 Å². The van der Waals surface area contributed by atoms with Gasteiger partial charge in [0.1, 0.15) is 11.1 Å². The zero-order chi connectivity index (χ0) is 19.8. The molecular weight excluding hydrogens is 344 g/mol. The quantitative estimate of drug-likeness (QED) is 0.823. The number of rotatable bonds is 3. The number of nitrogens with zero attached hydrogens (tertiary/aromatic N) is 1. The van der Waals surface area contributed by atoms with E-state index in [1.165, 1.54) is 4.90 Å². The first-order valence-corrected chi connectivity index (χ1v) is 9.59. The normalized spacial score (nSPS) is 26.5. The van der Waals surface area contributed by atoms with Gasteiger partial charge in [0.15, 0.2) is 0 Å². The SMILES string of the molecule is C[C@H](c1ccccc1)N1C(=O)[C@H]2CCCC[C@@]2(NC(=O)OC(C)(C)C)C1=O. The monoisotopic (exact) mass is 372 g/mol. The van der Waals surface area contributed by atoms with Gasteiger partial charge in [0.25, 0.3) is 5.91 Å². The largest absolute Gasteiger partial charge is 0.444 e. The lowest BCUT2D eigenvalue weighted by atomic mass is 9.74. The molecule has 0 radical (unpaired) electrons. The molecule has 2 fully saturated rings. The van der Waals surface area contributed by atoms with Crippen molar-refractivity contribution in [1.82, 2.24) is 10.2 Å². The van der Waals surface area contributed by atoms with Gasteiger partial charge in [-0.05, 0) is 46.1 Å². The fraction of sp³-hybridized carbons (Fsp3) is 0.571. The smallest absolute Gasteiger partial charge is 0.408 e. The summed E-state index contributed by atoms with van der Waals surface area (Å²) in [5.74, 6) is -1.05. The number of hydrogen-bond donors (Lipinski definition) is 1. The van der Waals surface area contributed by atoms with E-state index in [1.807, 2.05) is 37.3 Å². The van der Waals surface area contributed by atoms with Crippen LogP contribution < -0.4 is 5.32 Å². The molecular formula is C21H28N2O4. The van der Waals surface area contributed by atoms with Gasteiger partial charge in [-0.15, -0.1) is 0 Å². The van der Waals surface area contributed by atoms with Crippen LogP contribution in [0.5, 0.6) is 0 Å². The summed E-state index contributed by atoms with van der Waals surface area (Å²) in [6.07, 6.45) is 2.07. The van der Waals surface area contributed by atoms with Gasteiger partial charge in [-0.3, -0.25) is 14.5 Å². The van der Waals surface area contributed by atoms with Gasteiger partial charge in [-0.25, -0.2) is 4.79 Å². The van der Waals surface area contributed by atoms with E-state index in [1.54, 1.807) is 20.8 Å². The molecule has 3 rings (SSSR count). The van der Waals surface area contributed by atoms with Crippen molar-refractivity contribution in [3.05, 3.63) is 35.9 Å². The van der Waals surface area contributed by atoms with Gasteiger partial charge in [0, 0.05) is 0 Å². The van der Waals surface area contributed by atoms with E-state index >= 15 is 0 Å². The van der Waals surface area contributed by atoms with Crippen molar-refractivity contribution >= 4 is 17.9 Å². The number of ether oxygens (including phenoxy) is 1. The summed E-state index contributed by atoms with van der Waals surface area (Å²) in [6, 6.07) is 9.10. The second kappa shape index (κ2) is 6.98. The molecule has 1 aromatic carbocycles. The van der Waals surface area contributed by atoms with E-state index in [2.05, 4.69) is 5.32 Å². The molecule has 0 aromatic heterocycles. The Hall–Kier alpha value is -2.37. The highest BCUT2D eigenvalue weighted by Crippen LogP contribution is 2.44. The van der Waals surface area contributed by atoms with E-state index in [0.717, 1.165) is 18.4 Å². The van der Waals surface area contributed by atoms with Crippen molar-refractivity contribution in [2.75, 3.05) is 0 Å². The fourth-order valence-corrected chi connectivity index (χ4v) is 4.18. The van der Waals surface area contributed by atoms with Crippen molar-refractivity contribution in [2.45, 2.75) is 70.6 Å². The molecule has 1 aromatic rings. The Morgan fingerprint density at radius 1 is 1.22 bits per heavy atom. The van der Waals surface area contributed by atoms with Gasteiger partial charge in [-0.2, -0.15) is 0 Å². The molecule has 0 spiro atoms. The molecule has 0 bridgehead atoms. The highest BCUT2D eigenvalue weighted by molar-refractivity contribution is 6.11. The van der Waals surface area contributed by atoms with Crippen molar-refractivity contribution in [3.8, 4) is 0 Å². The Morgan fingerprint density at radius 3 is 2.52 bits per heavy atom. The highest BCUT2D eigenvalue weighted by atomic mass is 16.6. The Morgan fingerprint density at radius 2 is 1.89 bits per heavy atom. The van der Waals surface area contributed by atoms with Gasteiger partial charge < -0.3 is 10.1 Å². The summed E-state index contributed by atoms with van der Waals surface area (Å²) >= 11 is 0. The zero-order valence-corrected chi connectivity index (χ0v) is 16.5. The van der Waals surface area contributed by atoms with Crippen LogP contribution in [0.25, 0.3) is 0 Å². The lowest BCUT2D eigenvalue weighted by Crippen LogP contribution is -2.59. The summed E-state index contributed by atoms with van der Waals surface area (Å²) in [6.45, 7) is 7.17. The van der Waals surface area contributed by atoms with Crippen molar-refractivity contribution in [2.24, 2.45) is 5.92 Å². The van der Waals surface area contributed by atoms with Crippen LogP contribution in [0.2, 0.25) is 0 Å². The average molecular weight is 372 g/mol. The molecule has 27 heavy (non-hydrogen) atoms. The molecule has 1 saturated carbocycles. The number of alkyl carbamates (subject to hydrolysis) is 1. The molecule has 6 nitrogen and oxygen atoms in total. The summed E-state index contributed by atoms with van der Waals surface area (Å²) in [5, 5.41) is 2.79. The number of carbonyl (C=O) groups excluding carboxylic acids is 3. The summed E-state index contributed by atoms with van der Waals surface area (Å²) in [4.78, 5) is 40.4. The minimum Gasteiger partial charge on any atom is -0.444 e. The van der Waals surface area contributed by atoms with Crippen LogP contribution in [0.1, 0.15) is 65.0 Å². The van der Waals surface area contributed by atoms with Crippen molar-refractivity contribution in [1.29, 1.82) is 0 Å². The predicted molar refractivity (Wildman–Crippen MR) is 101 cm³/mol. The lowest BCUT2D eigenvalue weighted by molar-refractivity contribution is -0.143. The topological polar surface area (TPSA) is 75.7 Å². The maximum atomic E-state index is 13.4. The molecule has 1 aliphatic carbocycles. The third-order valence-electron chi connectivity index (χ3n) is 5.44. The van der Waals surface area contributed by atoms with Crippen molar-refractivity contribution < 1.29 is 19.1 Å². The van der Waals surface area contributed by atoms with E-state index in [4.69, 9.17) is 4.74 Å². The Balaban J connectivity index is 1.91. The summed E-state index contributed by atoms with van der Waals surface area (Å²) < 4.78 is 5.38. The van der Waals surface area contributed by atoms with Crippen LogP contribution in [0.4, 0.5) is 4.79 Å². The molecule has 2 aliphatic rings. The van der Waals surface area contributed by atoms with Crippen LogP contribution in [-0.2, 0) is 14.3 Å². The third kappa shape index (κ3) is 3.57. The molecule has 0 unspecified atom stereocenters. The van der Waals surface area contributed by atoms with E-state index in [9.17, 15) is 14.4 Å². The number of hydrogen-bond acceptors (Lipinski definition) is 4. The highest BCUT2D eigenvalue weighted by Gasteiger charge is 2.62. The van der Waals surface area contributed by atoms with Crippen LogP contribution in [0.3, 0.4) is 0 Å². The molecule has 1 heterocycles. The second-order valence-corrected chi connectivity index (χ2v) is 8.50. The van der Waals surface area contributed by atoms with Crippen LogP contribution >= 0.6 is 0 Å². The summed E-state index contributed by atoms with van der Waals surface area (Å²) in [5.41, 5.74) is -0.973. The number of fused-ring (bicyclic) bond motifs is 1. The Bertz CT molecular complexity index is 740. The lowest BCUT2D eigenvalue weighted by Gasteiger charge is -2.36. The van der Waals surface area contributed by atoms with E-state index in [-0.39, 0.29) is 17.9 Å². The number of carbonyl (C=O) groups is 3. The van der Waals surface area contributed by atoms with E-state index < -0.39 is 23.2 Å². The Labute approximate surface area is 160 Å². The van der Waals surface area contributed by atoms with Gasteiger partial charge in [0.05, 0.1) is 12.0 Å². The first-order chi connectivity index (χ1) is 12.7. The van der Waals surface area contributed by atoms with E-state index in [0.29, 0.717) is 12.8 Å². The van der Waals surface area contributed by atoms with Crippen LogP contribution in [0.15, 0.2) is 30.3 Å². The standard InChI is InChI=1S/C21H28N2O4/c1-14(15-10-6-5-7-11-15)23-17(24)16-12-8-9-13-21(16,18(23)25)22-19(26)27-20(2,3)4/h5-7,10-11,14,16H,8-9,12-13H2,1-4H3,(H,22,26)/t14-,16-,21+/m1/s1. The predicted octanol–water partition coefficient (Wildman–Crippen LogP) is 3.57. The molecule has 146 valence electrons. The average Bonchev–Trinajstić information content (AvgIpc) is 2.81. The maximum Gasteiger partial charge on any atom is 0.408 e. The molecule has 1 aliphatic heterocycles. The van der Waals surface area contributed by atoms with Gasteiger partial charge in [-0.1, -0.05) is 43.2 Å². The fourth-order valence-electron chi connectivity index (χ4n) is 4.18. The third-order valence-corrected chi connectivity index (χ3v) is 5.44. The Kier molecular flexibility index (Phi) is 5.02. The zero-order valence-electron chi connectivity index (χ0n) is 16.5. The first-order valence-electron chi connectivity index (χ1n) is 9.59. The second-order valence-electron chi connectivity index (χ2n) is 8.50. The molecule has 1 N–H and O–H groups in total. The minimum absolute atomic E-state index is 0.202. The molecule has 6 heteroatoms. The number of benzene rings is 1. The summed E-state index contributed by atoms with van der Waals surface area (Å²) in [7, 11) is 0. The van der Waals surface area contributed by atoms with Crippen molar-refractivity contribution in [3.63, 3.8) is 0 Å². The molecule has 3 amide bonds. The number of amides is 3. The first kappa shape index (κ1) is 19.4. The molecule has 1 saturated heterocycles. The number of likely N-dealkylation sites (tertiary alicyclic amines) is 1. The number of imide groups is 1. The van der Waals surface area contributed by atoms with Gasteiger partial charge >= 0.3 is 6.09 Å². The molecule has 3 atom stereocenters. The minimum atomic E-state index is -1.19. The number of nitrogens with one attached hydrogen (secondary N) is 1. The van der Waals surface area contributed by atoms with Crippen LogP contribution in [0, 0.1) is 5.92 Å².